The quantitative estimate of drug-likeness (QED) is 0.815. The number of piperidine rings is 1. The van der Waals surface area contributed by atoms with E-state index in [-0.39, 0.29) is 0 Å². The first-order chi connectivity index (χ1) is 10.2. The van der Waals surface area contributed by atoms with Crippen molar-refractivity contribution in [1.82, 2.24) is 10.6 Å². The second-order valence-corrected chi connectivity index (χ2v) is 7.67. The molecule has 3 nitrogen and oxygen atoms in total. The molecule has 2 atom stereocenters. The van der Waals surface area contributed by atoms with Crippen molar-refractivity contribution in [2.75, 3.05) is 0 Å². The first kappa shape index (κ1) is 15.3. The van der Waals surface area contributed by atoms with Crippen LogP contribution in [-0.2, 0) is 4.79 Å². The van der Waals surface area contributed by atoms with E-state index in [1.54, 1.807) is 0 Å². The molecule has 2 heterocycles. The lowest BCUT2D eigenvalue weighted by Gasteiger charge is -2.33. The summed E-state index contributed by atoms with van der Waals surface area (Å²) in [6.07, 6.45) is 13.7. The topological polar surface area (TPSA) is 41.1 Å². The van der Waals surface area contributed by atoms with Crippen LogP contribution in [0.15, 0.2) is 0 Å². The van der Waals surface area contributed by atoms with Crippen LogP contribution in [0.4, 0.5) is 0 Å². The third-order valence-electron chi connectivity index (χ3n) is 6.00. The molecular weight excluding hydrogens is 260 g/mol. The maximum Gasteiger partial charge on any atom is 0.223 e. The highest BCUT2D eigenvalue weighted by molar-refractivity contribution is 5.79. The average molecular weight is 292 g/mol. The zero-order chi connectivity index (χ0) is 14.7. The molecule has 0 aromatic rings. The van der Waals surface area contributed by atoms with Crippen LogP contribution in [0.3, 0.4) is 0 Å². The van der Waals surface area contributed by atoms with Crippen molar-refractivity contribution in [1.29, 1.82) is 0 Å². The van der Waals surface area contributed by atoms with Crippen molar-refractivity contribution in [3.8, 4) is 0 Å². The van der Waals surface area contributed by atoms with Crippen LogP contribution in [0.25, 0.3) is 0 Å². The Hall–Kier alpha value is -0.570. The van der Waals surface area contributed by atoms with Gasteiger partial charge in [0, 0.05) is 24.0 Å². The number of hydrogen-bond acceptors (Lipinski definition) is 2. The first-order valence-corrected chi connectivity index (χ1v) is 9.31. The van der Waals surface area contributed by atoms with E-state index < -0.39 is 0 Å². The maximum absolute atomic E-state index is 12.5. The van der Waals surface area contributed by atoms with Crippen molar-refractivity contribution in [2.24, 2.45) is 11.8 Å². The molecule has 2 saturated heterocycles. The van der Waals surface area contributed by atoms with Crippen LogP contribution in [0, 0.1) is 11.8 Å². The van der Waals surface area contributed by atoms with Gasteiger partial charge in [0.15, 0.2) is 0 Å². The molecule has 0 spiro atoms. The summed E-state index contributed by atoms with van der Waals surface area (Å²) < 4.78 is 0. The molecule has 3 heteroatoms. The fraction of sp³-hybridized carbons (Fsp3) is 0.944. The molecule has 0 radical (unpaired) electrons. The standard InChI is InChI=1S/C18H32N2O/c1-2-3-4-13-5-7-14(8-6-13)18(21)20-17-11-15-9-10-16(12-17)19-15/h13-17,19H,2-12H2,1H3,(H,20,21). The molecule has 3 rings (SSSR count). The van der Waals surface area contributed by atoms with Crippen LogP contribution >= 0.6 is 0 Å². The molecule has 2 N–H and O–H groups in total. The molecule has 3 aliphatic rings. The highest BCUT2D eigenvalue weighted by atomic mass is 16.1. The predicted molar refractivity (Wildman–Crippen MR) is 86.1 cm³/mol. The van der Waals surface area contributed by atoms with Gasteiger partial charge < -0.3 is 10.6 Å². The van der Waals surface area contributed by atoms with Crippen LogP contribution in [0.1, 0.15) is 77.6 Å². The van der Waals surface area contributed by atoms with Gasteiger partial charge in [-0.05, 0) is 57.3 Å². The number of amides is 1. The Labute approximate surface area is 129 Å². The molecule has 21 heavy (non-hydrogen) atoms. The number of fused-ring (bicyclic) bond motifs is 2. The fourth-order valence-corrected chi connectivity index (χ4v) is 4.70. The van der Waals surface area contributed by atoms with E-state index in [4.69, 9.17) is 0 Å². The van der Waals surface area contributed by atoms with Gasteiger partial charge in [-0.15, -0.1) is 0 Å². The molecule has 1 amide bonds. The smallest absolute Gasteiger partial charge is 0.223 e. The van der Waals surface area contributed by atoms with E-state index in [1.807, 2.05) is 0 Å². The maximum atomic E-state index is 12.5. The summed E-state index contributed by atoms with van der Waals surface area (Å²) in [5, 5.41) is 7.02. The van der Waals surface area contributed by atoms with Gasteiger partial charge in [0.2, 0.25) is 5.91 Å². The lowest BCUT2D eigenvalue weighted by Crippen LogP contribution is -2.49. The predicted octanol–water partition coefficient (Wildman–Crippen LogP) is 3.38. The van der Waals surface area contributed by atoms with E-state index in [0.717, 1.165) is 31.6 Å². The minimum absolute atomic E-state index is 0.301. The van der Waals surface area contributed by atoms with Gasteiger partial charge in [-0.1, -0.05) is 26.2 Å². The third kappa shape index (κ3) is 4.00. The normalized spacial score (nSPS) is 39.2. The van der Waals surface area contributed by atoms with E-state index in [1.165, 1.54) is 44.9 Å². The van der Waals surface area contributed by atoms with Gasteiger partial charge in [-0.3, -0.25) is 4.79 Å². The summed E-state index contributed by atoms with van der Waals surface area (Å²) in [4.78, 5) is 12.5. The van der Waals surface area contributed by atoms with Gasteiger partial charge in [0.1, 0.15) is 0 Å². The SMILES string of the molecule is CCCCC1CCC(C(=O)NC2CC3CCC(C2)N3)CC1. The molecule has 1 aliphatic carbocycles. The number of unbranched alkanes of at least 4 members (excludes halogenated alkanes) is 1. The summed E-state index contributed by atoms with van der Waals surface area (Å²) in [7, 11) is 0. The second-order valence-electron chi connectivity index (χ2n) is 7.67. The monoisotopic (exact) mass is 292 g/mol. The number of carbonyl (C=O) groups is 1. The van der Waals surface area contributed by atoms with Gasteiger partial charge >= 0.3 is 0 Å². The summed E-state index contributed by atoms with van der Waals surface area (Å²) in [5.74, 6) is 1.55. The van der Waals surface area contributed by atoms with E-state index in [9.17, 15) is 4.79 Å². The van der Waals surface area contributed by atoms with Crippen molar-refractivity contribution in [3.63, 3.8) is 0 Å². The van der Waals surface area contributed by atoms with Crippen molar-refractivity contribution >= 4 is 5.91 Å². The van der Waals surface area contributed by atoms with Gasteiger partial charge in [0.25, 0.3) is 0 Å². The average Bonchev–Trinajstić information content (AvgIpc) is 2.84. The minimum Gasteiger partial charge on any atom is -0.353 e. The zero-order valence-corrected chi connectivity index (χ0v) is 13.6. The number of hydrogen-bond donors (Lipinski definition) is 2. The Morgan fingerprint density at radius 2 is 1.71 bits per heavy atom. The van der Waals surface area contributed by atoms with Gasteiger partial charge in [0.05, 0.1) is 0 Å². The molecule has 1 saturated carbocycles. The first-order valence-electron chi connectivity index (χ1n) is 9.31. The van der Waals surface area contributed by atoms with Crippen molar-refractivity contribution < 1.29 is 4.79 Å². The Balaban J connectivity index is 1.40. The summed E-state index contributed by atoms with van der Waals surface area (Å²) in [5.41, 5.74) is 0. The van der Waals surface area contributed by atoms with Crippen LogP contribution in [0.2, 0.25) is 0 Å². The van der Waals surface area contributed by atoms with E-state index in [0.29, 0.717) is 30.0 Å². The molecule has 2 aliphatic heterocycles. The van der Waals surface area contributed by atoms with Crippen molar-refractivity contribution in [2.45, 2.75) is 95.7 Å². The Bertz CT molecular complexity index is 337. The molecule has 0 aromatic heterocycles. The molecule has 2 unspecified atom stereocenters. The number of nitrogens with one attached hydrogen (secondary N) is 2. The van der Waals surface area contributed by atoms with Crippen LogP contribution < -0.4 is 10.6 Å². The lowest BCUT2D eigenvalue weighted by molar-refractivity contribution is -0.127. The Morgan fingerprint density at radius 1 is 1.05 bits per heavy atom. The molecule has 0 aromatic carbocycles. The number of carbonyl (C=O) groups excluding carboxylic acids is 1. The Kier molecular flexibility index (Phi) is 5.20. The molecule has 3 fully saturated rings. The summed E-state index contributed by atoms with van der Waals surface area (Å²) in [6, 6.07) is 1.77. The second kappa shape index (κ2) is 7.13. The van der Waals surface area contributed by atoms with Crippen LogP contribution in [-0.4, -0.2) is 24.0 Å². The summed E-state index contributed by atoms with van der Waals surface area (Å²) >= 11 is 0. The van der Waals surface area contributed by atoms with Crippen LogP contribution in [0.5, 0.6) is 0 Å². The fourth-order valence-electron chi connectivity index (χ4n) is 4.70. The molecule has 120 valence electrons. The highest BCUT2D eigenvalue weighted by Crippen LogP contribution is 2.33. The van der Waals surface area contributed by atoms with E-state index >= 15 is 0 Å². The van der Waals surface area contributed by atoms with Gasteiger partial charge in [-0.25, -0.2) is 0 Å². The highest BCUT2D eigenvalue weighted by Gasteiger charge is 2.35. The van der Waals surface area contributed by atoms with Gasteiger partial charge in [-0.2, -0.15) is 0 Å². The van der Waals surface area contributed by atoms with E-state index in [2.05, 4.69) is 17.6 Å². The largest absolute Gasteiger partial charge is 0.353 e. The number of rotatable bonds is 5. The van der Waals surface area contributed by atoms with Crippen molar-refractivity contribution in [3.05, 3.63) is 0 Å². The molecule has 2 bridgehead atoms. The minimum atomic E-state index is 0.301. The third-order valence-corrected chi connectivity index (χ3v) is 6.00. The molecular formula is C18H32N2O. The summed E-state index contributed by atoms with van der Waals surface area (Å²) in [6.45, 7) is 2.27. The zero-order valence-electron chi connectivity index (χ0n) is 13.6. The Morgan fingerprint density at radius 3 is 2.33 bits per heavy atom. The lowest BCUT2D eigenvalue weighted by atomic mass is 9.79.